The molecule has 0 spiro atoms. The Labute approximate surface area is 216 Å². The maximum Gasteiger partial charge on any atom is 0.256 e. The molecule has 37 heavy (non-hydrogen) atoms. The molecule has 6 aromatic rings. The van der Waals surface area contributed by atoms with Gasteiger partial charge in [0.25, 0.3) is 5.91 Å². The molecule has 0 radical (unpaired) electrons. The largest absolute Gasteiger partial charge is 0.394 e. The number of nitrogens with zero attached hydrogens (tertiary/aromatic N) is 5. The lowest BCUT2D eigenvalue weighted by molar-refractivity contribution is 0.102. The normalized spacial score (nSPS) is 11.1. The third-order valence-electron chi connectivity index (χ3n) is 5.85. The number of carbonyl (C=O) groups excluding carboxylic acids is 1. The summed E-state index contributed by atoms with van der Waals surface area (Å²) in [5.41, 5.74) is 11.3. The molecule has 0 fully saturated rings. The van der Waals surface area contributed by atoms with E-state index in [0.29, 0.717) is 17.1 Å². The molecular formula is C27H22N8OS. The van der Waals surface area contributed by atoms with Gasteiger partial charge >= 0.3 is 0 Å². The Morgan fingerprint density at radius 1 is 1.00 bits per heavy atom. The Hall–Kier alpha value is -4.96. The molecule has 0 aliphatic heterocycles. The van der Waals surface area contributed by atoms with Gasteiger partial charge in [-0.25, -0.2) is 14.6 Å². The number of rotatable bonds is 6. The van der Waals surface area contributed by atoms with Crippen molar-refractivity contribution in [1.82, 2.24) is 24.1 Å². The van der Waals surface area contributed by atoms with Gasteiger partial charge in [-0.1, -0.05) is 24.3 Å². The van der Waals surface area contributed by atoms with Crippen LogP contribution in [0.1, 0.15) is 15.2 Å². The number of amides is 1. The van der Waals surface area contributed by atoms with E-state index in [1.165, 1.54) is 0 Å². The predicted molar refractivity (Wildman–Crippen MR) is 147 cm³/mol. The fourth-order valence-electron chi connectivity index (χ4n) is 4.00. The third kappa shape index (κ3) is 4.41. The van der Waals surface area contributed by atoms with Crippen LogP contribution >= 0.6 is 11.3 Å². The van der Waals surface area contributed by atoms with Gasteiger partial charge in [-0.15, -0.1) is 16.4 Å². The highest BCUT2D eigenvalue weighted by atomic mass is 32.1. The van der Waals surface area contributed by atoms with Crippen molar-refractivity contribution in [3.63, 3.8) is 0 Å². The summed E-state index contributed by atoms with van der Waals surface area (Å²) >= 11 is 1.56. The minimum atomic E-state index is -0.295. The predicted octanol–water partition coefficient (Wildman–Crippen LogP) is 5.53. The second-order valence-corrected chi connectivity index (χ2v) is 9.57. The SMILES string of the molecule is Cc1sc(Nc2ccc(C(=O)Nc3nn(-c4ccccc4)cc3N)cc2)nc1-c1cnc2ccccn12. The van der Waals surface area contributed by atoms with Crippen molar-refractivity contribution < 1.29 is 4.79 Å². The molecule has 2 aromatic carbocycles. The summed E-state index contributed by atoms with van der Waals surface area (Å²) in [6, 6.07) is 22.6. The highest BCUT2D eigenvalue weighted by Gasteiger charge is 2.15. The lowest BCUT2D eigenvalue weighted by Gasteiger charge is -2.06. The van der Waals surface area contributed by atoms with E-state index in [1.807, 2.05) is 84.4 Å². The van der Waals surface area contributed by atoms with Crippen LogP contribution < -0.4 is 16.4 Å². The van der Waals surface area contributed by atoms with E-state index in [4.69, 9.17) is 10.7 Å². The number of pyridine rings is 1. The molecule has 0 bridgehead atoms. The number of thiazole rings is 1. The number of anilines is 4. The summed E-state index contributed by atoms with van der Waals surface area (Å²) in [6.07, 6.45) is 5.49. The summed E-state index contributed by atoms with van der Waals surface area (Å²) < 4.78 is 3.66. The second kappa shape index (κ2) is 9.25. The molecule has 0 unspecified atom stereocenters. The molecule has 4 heterocycles. The summed E-state index contributed by atoms with van der Waals surface area (Å²) in [5, 5.41) is 11.3. The molecule has 4 N–H and O–H groups in total. The molecule has 1 amide bonds. The van der Waals surface area contributed by atoms with Crippen molar-refractivity contribution in [3.8, 4) is 17.1 Å². The minimum Gasteiger partial charge on any atom is -0.394 e. The number of imidazole rings is 1. The number of hydrogen-bond acceptors (Lipinski definition) is 7. The van der Waals surface area contributed by atoms with E-state index in [2.05, 4.69) is 20.7 Å². The van der Waals surface area contributed by atoms with Gasteiger partial charge in [0.15, 0.2) is 10.9 Å². The first kappa shape index (κ1) is 22.5. The van der Waals surface area contributed by atoms with Crippen molar-refractivity contribution in [2.75, 3.05) is 16.4 Å². The number of nitrogens with one attached hydrogen (secondary N) is 2. The second-order valence-electron chi connectivity index (χ2n) is 8.37. The minimum absolute atomic E-state index is 0.295. The van der Waals surface area contributed by atoms with E-state index >= 15 is 0 Å². The molecule has 0 atom stereocenters. The fraction of sp³-hybridized carbons (Fsp3) is 0.0370. The van der Waals surface area contributed by atoms with Gasteiger partial charge in [0.2, 0.25) is 0 Å². The van der Waals surface area contributed by atoms with E-state index < -0.39 is 0 Å². The van der Waals surface area contributed by atoms with Crippen molar-refractivity contribution in [1.29, 1.82) is 0 Å². The molecule has 9 nitrogen and oxygen atoms in total. The third-order valence-corrected chi connectivity index (χ3v) is 6.74. The quantitative estimate of drug-likeness (QED) is 0.274. The fourth-order valence-corrected chi connectivity index (χ4v) is 4.84. The summed E-state index contributed by atoms with van der Waals surface area (Å²) in [7, 11) is 0. The molecule has 182 valence electrons. The average molecular weight is 507 g/mol. The number of aryl methyl sites for hydroxylation is 1. The van der Waals surface area contributed by atoms with Crippen molar-refractivity contribution in [3.05, 3.63) is 102 Å². The topological polar surface area (TPSA) is 115 Å². The lowest BCUT2D eigenvalue weighted by Crippen LogP contribution is -2.13. The molecular weight excluding hydrogens is 484 g/mol. The molecule has 0 aliphatic carbocycles. The standard InChI is InChI=1S/C27H22N8OS/c1-17-24(22-15-29-23-9-5-6-14-34(22)23)31-27(37-17)30-19-12-10-18(11-13-19)26(36)32-25-21(28)16-35(33-25)20-7-3-2-4-8-20/h2-16H,28H2,1H3,(H,30,31)(H,32,33,36). The van der Waals surface area contributed by atoms with Crippen LogP contribution in [0, 0.1) is 6.92 Å². The van der Waals surface area contributed by atoms with E-state index in [9.17, 15) is 4.79 Å². The van der Waals surface area contributed by atoms with Gasteiger partial charge in [-0.3, -0.25) is 9.20 Å². The number of fused-ring (bicyclic) bond motifs is 1. The first-order chi connectivity index (χ1) is 18.0. The average Bonchev–Trinajstić information content (AvgIpc) is 3.61. The van der Waals surface area contributed by atoms with Crippen LogP contribution in [-0.2, 0) is 0 Å². The molecule has 0 saturated heterocycles. The van der Waals surface area contributed by atoms with Crippen molar-refractivity contribution >= 4 is 45.2 Å². The Kier molecular flexibility index (Phi) is 5.62. The zero-order valence-corrected chi connectivity index (χ0v) is 20.6. The monoisotopic (exact) mass is 506 g/mol. The zero-order chi connectivity index (χ0) is 25.4. The zero-order valence-electron chi connectivity index (χ0n) is 19.8. The summed E-state index contributed by atoms with van der Waals surface area (Å²) in [6.45, 7) is 2.04. The number of benzene rings is 2. The number of nitrogens with two attached hydrogens (primary N) is 1. The first-order valence-electron chi connectivity index (χ1n) is 11.5. The van der Waals surface area contributed by atoms with Crippen LogP contribution in [-0.4, -0.2) is 30.1 Å². The van der Waals surface area contributed by atoms with Gasteiger partial charge in [0, 0.05) is 22.3 Å². The molecule has 0 aliphatic rings. The van der Waals surface area contributed by atoms with Gasteiger partial charge in [-0.2, -0.15) is 0 Å². The Balaban J connectivity index is 1.16. The van der Waals surface area contributed by atoms with E-state index in [-0.39, 0.29) is 5.91 Å². The van der Waals surface area contributed by atoms with Crippen molar-refractivity contribution in [2.45, 2.75) is 6.92 Å². The Morgan fingerprint density at radius 2 is 1.78 bits per heavy atom. The van der Waals surface area contributed by atoms with Crippen LogP contribution in [0.25, 0.3) is 22.7 Å². The molecule has 4 aromatic heterocycles. The molecule has 0 saturated carbocycles. The number of para-hydroxylation sites is 1. The lowest BCUT2D eigenvalue weighted by atomic mass is 10.2. The van der Waals surface area contributed by atoms with E-state index in [0.717, 1.165) is 38.4 Å². The summed E-state index contributed by atoms with van der Waals surface area (Å²) in [4.78, 5) is 23.1. The van der Waals surface area contributed by atoms with Crippen molar-refractivity contribution in [2.24, 2.45) is 0 Å². The number of nitrogen functional groups attached to an aromatic ring is 1. The number of aromatic nitrogens is 5. The van der Waals surface area contributed by atoms with Crippen LogP contribution in [0.2, 0.25) is 0 Å². The highest BCUT2D eigenvalue weighted by Crippen LogP contribution is 2.32. The Bertz CT molecular complexity index is 1720. The van der Waals surface area contributed by atoms with Gasteiger partial charge in [0.05, 0.1) is 29.5 Å². The molecule has 10 heteroatoms. The molecule has 6 rings (SSSR count). The number of hydrogen-bond donors (Lipinski definition) is 3. The maximum atomic E-state index is 12.8. The van der Waals surface area contributed by atoms with Gasteiger partial charge < -0.3 is 16.4 Å². The van der Waals surface area contributed by atoms with Gasteiger partial charge in [-0.05, 0) is 55.5 Å². The van der Waals surface area contributed by atoms with Gasteiger partial charge in [0.1, 0.15) is 11.3 Å². The number of carbonyl (C=O) groups is 1. The van der Waals surface area contributed by atoms with E-state index in [1.54, 1.807) is 34.3 Å². The summed E-state index contributed by atoms with van der Waals surface area (Å²) in [5.74, 6) is 0.0193. The smallest absolute Gasteiger partial charge is 0.256 e. The highest BCUT2D eigenvalue weighted by molar-refractivity contribution is 7.16. The Morgan fingerprint density at radius 3 is 2.59 bits per heavy atom. The first-order valence-corrected chi connectivity index (χ1v) is 12.4. The maximum absolute atomic E-state index is 12.8. The van der Waals surface area contributed by atoms with Crippen LogP contribution in [0.4, 0.5) is 22.3 Å². The van der Waals surface area contributed by atoms with Crippen LogP contribution in [0.5, 0.6) is 0 Å². The van der Waals surface area contributed by atoms with Crippen LogP contribution in [0.15, 0.2) is 91.4 Å². The van der Waals surface area contributed by atoms with Crippen LogP contribution in [0.3, 0.4) is 0 Å².